The molecule has 1 unspecified atom stereocenters. The molecule has 2 aromatic heterocycles. The van der Waals surface area contributed by atoms with Crippen LogP contribution in [0.25, 0.3) is 5.82 Å². The highest BCUT2D eigenvalue weighted by molar-refractivity contribution is 7.99. The molecule has 9 heteroatoms. The first-order chi connectivity index (χ1) is 14.9. The second-order valence-electron chi connectivity index (χ2n) is 7.14. The van der Waals surface area contributed by atoms with Crippen molar-refractivity contribution in [3.63, 3.8) is 0 Å². The Bertz CT molecular complexity index is 1220. The summed E-state index contributed by atoms with van der Waals surface area (Å²) >= 11 is 6.83. The first kappa shape index (κ1) is 21.2. The Labute approximate surface area is 189 Å². The summed E-state index contributed by atoms with van der Waals surface area (Å²) in [6.45, 7) is 5.73. The maximum Gasteiger partial charge on any atom is 0.338 e. The van der Waals surface area contributed by atoms with Crippen LogP contribution < -0.4 is 5.73 Å². The second-order valence-corrected chi connectivity index (χ2v) is 8.48. The van der Waals surface area contributed by atoms with Crippen molar-refractivity contribution in [2.45, 2.75) is 31.7 Å². The zero-order chi connectivity index (χ0) is 22.3. The first-order valence-corrected chi connectivity index (χ1v) is 11.1. The number of thiocarbonyl (C=S) groups is 1. The molecule has 0 saturated carbocycles. The molecule has 158 valence electrons. The lowest BCUT2D eigenvalue weighted by Gasteiger charge is -2.27. The molecule has 0 fully saturated rings. The number of nitriles is 1. The van der Waals surface area contributed by atoms with E-state index in [9.17, 15) is 10.1 Å². The molecular formula is C22H20N4O3S2. The van der Waals surface area contributed by atoms with Gasteiger partial charge in [-0.2, -0.15) is 5.26 Å². The van der Waals surface area contributed by atoms with Crippen molar-refractivity contribution >= 4 is 40.8 Å². The summed E-state index contributed by atoms with van der Waals surface area (Å²) in [5.41, 5.74) is 10.3. The van der Waals surface area contributed by atoms with E-state index >= 15 is 0 Å². The molecule has 0 spiro atoms. The SMILES string of the molecule is CCOC(=O)C1=C(CSc2nc(C)cc(C)c2C#N)OC(=S)C2=C(N)n3cccc3C12. The summed E-state index contributed by atoms with van der Waals surface area (Å²) in [6, 6.07) is 7.85. The molecule has 2 aliphatic heterocycles. The Morgan fingerprint density at radius 2 is 2.26 bits per heavy atom. The zero-order valence-corrected chi connectivity index (χ0v) is 18.9. The van der Waals surface area contributed by atoms with Crippen LogP contribution in [0.2, 0.25) is 0 Å². The summed E-state index contributed by atoms with van der Waals surface area (Å²) < 4.78 is 13.1. The number of hydrogen-bond acceptors (Lipinski definition) is 8. The minimum absolute atomic E-state index is 0.229. The van der Waals surface area contributed by atoms with E-state index in [1.165, 1.54) is 11.8 Å². The molecule has 4 rings (SSSR count). The van der Waals surface area contributed by atoms with Crippen LogP contribution in [0, 0.1) is 25.2 Å². The van der Waals surface area contributed by atoms with Crippen LogP contribution in [-0.4, -0.2) is 32.9 Å². The largest absolute Gasteiger partial charge is 0.463 e. The van der Waals surface area contributed by atoms with E-state index in [0.717, 1.165) is 17.0 Å². The van der Waals surface area contributed by atoms with Gasteiger partial charge < -0.3 is 19.8 Å². The van der Waals surface area contributed by atoms with Crippen molar-refractivity contribution in [2.24, 2.45) is 5.73 Å². The van der Waals surface area contributed by atoms with Crippen molar-refractivity contribution in [1.82, 2.24) is 9.55 Å². The van der Waals surface area contributed by atoms with E-state index in [1.54, 1.807) is 6.92 Å². The molecule has 0 bridgehead atoms. The third-order valence-corrected chi connectivity index (χ3v) is 6.46. The van der Waals surface area contributed by atoms with Gasteiger partial charge in [0, 0.05) is 17.6 Å². The number of esters is 1. The fourth-order valence-corrected chi connectivity index (χ4v) is 5.26. The van der Waals surface area contributed by atoms with Crippen molar-refractivity contribution in [3.8, 4) is 6.07 Å². The molecule has 7 nitrogen and oxygen atoms in total. The number of fused-ring (bicyclic) bond motifs is 3. The quantitative estimate of drug-likeness (QED) is 0.417. The second kappa shape index (κ2) is 8.21. The predicted octanol–water partition coefficient (Wildman–Crippen LogP) is 3.56. The van der Waals surface area contributed by atoms with Gasteiger partial charge in [0.2, 0.25) is 0 Å². The molecule has 1 atom stereocenters. The van der Waals surface area contributed by atoms with Gasteiger partial charge in [-0.1, -0.05) is 11.8 Å². The number of thioether (sulfide) groups is 1. The minimum atomic E-state index is -0.473. The lowest BCUT2D eigenvalue weighted by molar-refractivity contribution is -0.139. The number of carbonyl (C=O) groups excluding carboxylic acids is 1. The Kier molecular flexibility index (Phi) is 5.60. The van der Waals surface area contributed by atoms with Crippen molar-refractivity contribution in [1.29, 1.82) is 5.26 Å². The molecule has 2 N–H and O–H groups in total. The summed E-state index contributed by atoms with van der Waals surface area (Å²) in [4.78, 5) is 17.5. The summed E-state index contributed by atoms with van der Waals surface area (Å²) in [5, 5.41) is 10.4. The lowest BCUT2D eigenvalue weighted by Crippen LogP contribution is -2.28. The topological polar surface area (TPSA) is 103 Å². The minimum Gasteiger partial charge on any atom is -0.463 e. The number of pyridine rings is 1. The fourth-order valence-electron chi connectivity index (χ4n) is 3.90. The Morgan fingerprint density at radius 3 is 2.97 bits per heavy atom. The number of ether oxygens (including phenoxy) is 2. The molecule has 2 aromatic rings. The van der Waals surface area contributed by atoms with E-state index in [4.69, 9.17) is 27.4 Å². The highest BCUT2D eigenvalue weighted by Gasteiger charge is 2.44. The Balaban J connectivity index is 1.78. The monoisotopic (exact) mass is 452 g/mol. The average Bonchev–Trinajstić information content (AvgIpc) is 3.29. The van der Waals surface area contributed by atoms with E-state index in [-0.39, 0.29) is 17.4 Å². The van der Waals surface area contributed by atoms with Gasteiger partial charge in [-0.05, 0) is 56.8 Å². The number of aryl methyl sites for hydroxylation is 2. The molecule has 0 aliphatic carbocycles. The standard InChI is InChI=1S/C22H20N4O3S2/c1-4-28-21(27)17-15(10-31-20-13(9-23)11(2)8-12(3)25-20)29-22(30)18-16(17)14-6-5-7-26(14)19(18)24/h5-8,16H,4,10,24H2,1-3H3. The van der Waals surface area contributed by atoms with E-state index in [2.05, 4.69) is 11.1 Å². The van der Waals surface area contributed by atoms with Crippen molar-refractivity contribution in [2.75, 3.05) is 12.4 Å². The van der Waals surface area contributed by atoms with Crippen molar-refractivity contribution in [3.05, 3.63) is 63.8 Å². The van der Waals surface area contributed by atoms with Gasteiger partial charge in [-0.3, -0.25) is 0 Å². The Hall–Kier alpha value is -3.09. The van der Waals surface area contributed by atoms with Crippen LogP contribution in [-0.2, 0) is 14.3 Å². The number of nitrogens with zero attached hydrogens (tertiary/aromatic N) is 3. The summed E-state index contributed by atoms with van der Waals surface area (Å²) in [5.74, 6) is 0.192. The van der Waals surface area contributed by atoms with E-state index in [1.807, 2.05) is 42.8 Å². The normalized spacial score (nSPS) is 17.2. The summed E-state index contributed by atoms with van der Waals surface area (Å²) in [7, 11) is 0. The fraction of sp³-hybridized carbons (Fsp3) is 0.273. The molecule has 0 aromatic carbocycles. The van der Waals surface area contributed by atoms with E-state index in [0.29, 0.717) is 33.3 Å². The first-order valence-electron chi connectivity index (χ1n) is 9.68. The van der Waals surface area contributed by atoms with Gasteiger partial charge in [0.15, 0.2) is 5.05 Å². The average molecular weight is 453 g/mol. The smallest absolute Gasteiger partial charge is 0.338 e. The van der Waals surface area contributed by atoms with Crippen LogP contribution in [0.5, 0.6) is 0 Å². The maximum atomic E-state index is 13.0. The molecule has 0 saturated heterocycles. The number of nitrogens with two attached hydrogens (primary N) is 1. The molecule has 0 radical (unpaired) electrons. The predicted molar refractivity (Wildman–Crippen MR) is 121 cm³/mol. The molecule has 0 amide bonds. The van der Waals surface area contributed by atoms with Gasteiger partial charge in [0.05, 0.1) is 35.0 Å². The molecular weight excluding hydrogens is 432 g/mol. The van der Waals surface area contributed by atoms with Crippen LogP contribution in [0.3, 0.4) is 0 Å². The lowest BCUT2D eigenvalue weighted by atomic mass is 9.87. The highest BCUT2D eigenvalue weighted by atomic mass is 32.2. The molecule has 31 heavy (non-hydrogen) atoms. The highest BCUT2D eigenvalue weighted by Crippen LogP contribution is 2.46. The number of rotatable bonds is 5. The zero-order valence-electron chi connectivity index (χ0n) is 17.3. The van der Waals surface area contributed by atoms with Crippen molar-refractivity contribution < 1.29 is 14.3 Å². The Morgan fingerprint density at radius 1 is 1.48 bits per heavy atom. The number of carbonyl (C=O) groups is 1. The van der Waals surface area contributed by atoms with Gasteiger partial charge in [0.1, 0.15) is 22.7 Å². The third kappa shape index (κ3) is 3.52. The van der Waals surface area contributed by atoms with Gasteiger partial charge in [-0.15, -0.1) is 0 Å². The van der Waals surface area contributed by atoms with Gasteiger partial charge in [0.25, 0.3) is 0 Å². The van der Waals surface area contributed by atoms with Crippen LogP contribution in [0.4, 0.5) is 0 Å². The summed E-state index contributed by atoms with van der Waals surface area (Å²) in [6.07, 6.45) is 1.83. The third-order valence-electron chi connectivity index (χ3n) is 5.18. The van der Waals surface area contributed by atoms with Gasteiger partial charge >= 0.3 is 5.97 Å². The number of hydrogen-bond donors (Lipinski definition) is 1. The molecule has 4 heterocycles. The van der Waals surface area contributed by atoms with Crippen LogP contribution >= 0.6 is 24.0 Å². The maximum absolute atomic E-state index is 13.0. The van der Waals surface area contributed by atoms with Crippen LogP contribution in [0.15, 0.2) is 46.3 Å². The number of aromatic nitrogens is 2. The van der Waals surface area contributed by atoms with Gasteiger partial charge in [-0.25, -0.2) is 9.78 Å². The van der Waals surface area contributed by atoms with E-state index < -0.39 is 11.9 Å². The van der Waals surface area contributed by atoms with Crippen LogP contribution in [0.1, 0.15) is 35.4 Å². The molecule has 2 aliphatic rings.